The third kappa shape index (κ3) is 6.90. The molecule has 0 heterocycles. The van der Waals surface area contributed by atoms with Crippen LogP contribution in [-0.2, 0) is 4.79 Å². The van der Waals surface area contributed by atoms with Crippen molar-refractivity contribution >= 4 is 11.9 Å². The molecule has 21 heavy (non-hydrogen) atoms. The van der Waals surface area contributed by atoms with E-state index in [1.807, 2.05) is 18.2 Å². The van der Waals surface area contributed by atoms with Crippen molar-refractivity contribution in [3.8, 4) is 0 Å². The first-order valence-electron chi connectivity index (χ1n) is 7.30. The normalized spacial score (nSPS) is 10.9. The van der Waals surface area contributed by atoms with Gasteiger partial charge < -0.3 is 10.4 Å². The quantitative estimate of drug-likeness (QED) is 0.730. The van der Waals surface area contributed by atoms with Crippen LogP contribution in [0.5, 0.6) is 0 Å². The number of nitrogens with one attached hydrogen (secondary N) is 1. The highest BCUT2D eigenvalue weighted by Crippen LogP contribution is 2.02. The standard InChI is InChI=1S/C16H24N2O3/c1-13(2)18(11-6-9-15(19)20)12-10-17-16(21)14-7-4-3-5-8-14/h3-5,7-8,13H,6,9-12H2,1-2H3,(H,17,21)(H,19,20). The van der Waals surface area contributed by atoms with Crippen molar-refractivity contribution in [2.45, 2.75) is 32.7 Å². The molecule has 0 unspecified atom stereocenters. The highest BCUT2D eigenvalue weighted by Gasteiger charge is 2.11. The molecule has 0 atom stereocenters. The Morgan fingerprint density at radius 1 is 1.19 bits per heavy atom. The number of hydrogen-bond acceptors (Lipinski definition) is 3. The summed E-state index contributed by atoms with van der Waals surface area (Å²) in [5.74, 6) is -0.846. The molecule has 0 spiro atoms. The van der Waals surface area contributed by atoms with Gasteiger partial charge in [-0.1, -0.05) is 18.2 Å². The van der Waals surface area contributed by atoms with Crippen LogP contribution < -0.4 is 5.32 Å². The molecule has 5 nitrogen and oxygen atoms in total. The molecule has 1 aromatic carbocycles. The van der Waals surface area contributed by atoms with Gasteiger partial charge in [0.05, 0.1) is 0 Å². The van der Waals surface area contributed by atoms with Gasteiger partial charge in [0.2, 0.25) is 0 Å². The van der Waals surface area contributed by atoms with Crippen LogP contribution in [0.25, 0.3) is 0 Å². The largest absolute Gasteiger partial charge is 0.481 e. The second-order valence-electron chi connectivity index (χ2n) is 5.25. The molecule has 2 N–H and O–H groups in total. The molecule has 0 saturated heterocycles. The lowest BCUT2D eigenvalue weighted by Gasteiger charge is -2.26. The van der Waals surface area contributed by atoms with Crippen molar-refractivity contribution in [1.29, 1.82) is 0 Å². The molecule has 0 radical (unpaired) electrons. The van der Waals surface area contributed by atoms with E-state index in [9.17, 15) is 9.59 Å². The zero-order valence-corrected chi connectivity index (χ0v) is 12.7. The number of carboxylic acid groups (broad SMARTS) is 1. The van der Waals surface area contributed by atoms with Crippen molar-refractivity contribution in [2.75, 3.05) is 19.6 Å². The van der Waals surface area contributed by atoms with Crippen molar-refractivity contribution in [3.63, 3.8) is 0 Å². The van der Waals surface area contributed by atoms with Crippen LogP contribution in [-0.4, -0.2) is 47.6 Å². The second-order valence-corrected chi connectivity index (χ2v) is 5.25. The third-order valence-corrected chi connectivity index (χ3v) is 3.29. The molecular weight excluding hydrogens is 268 g/mol. The summed E-state index contributed by atoms with van der Waals surface area (Å²) in [6, 6.07) is 9.43. The predicted octanol–water partition coefficient (Wildman–Crippen LogP) is 1.99. The van der Waals surface area contributed by atoms with Gasteiger partial charge in [-0.05, 0) is 38.9 Å². The van der Waals surface area contributed by atoms with E-state index in [2.05, 4.69) is 24.1 Å². The van der Waals surface area contributed by atoms with Crippen molar-refractivity contribution in [3.05, 3.63) is 35.9 Å². The van der Waals surface area contributed by atoms with Gasteiger partial charge >= 0.3 is 5.97 Å². The number of benzene rings is 1. The van der Waals surface area contributed by atoms with Gasteiger partial charge in [-0.25, -0.2) is 0 Å². The Labute approximate surface area is 126 Å². The van der Waals surface area contributed by atoms with Gasteiger partial charge in [0, 0.05) is 31.1 Å². The highest BCUT2D eigenvalue weighted by atomic mass is 16.4. The third-order valence-electron chi connectivity index (χ3n) is 3.29. The summed E-state index contributed by atoms with van der Waals surface area (Å²) in [7, 11) is 0. The molecule has 0 aliphatic rings. The Hall–Kier alpha value is -1.88. The zero-order chi connectivity index (χ0) is 15.7. The molecule has 116 valence electrons. The van der Waals surface area contributed by atoms with E-state index >= 15 is 0 Å². The van der Waals surface area contributed by atoms with E-state index in [-0.39, 0.29) is 12.3 Å². The topological polar surface area (TPSA) is 69.6 Å². The summed E-state index contributed by atoms with van der Waals surface area (Å²) < 4.78 is 0. The Balaban J connectivity index is 2.33. The van der Waals surface area contributed by atoms with Gasteiger partial charge in [0.25, 0.3) is 5.91 Å². The van der Waals surface area contributed by atoms with Crippen LogP contribution in [0, 0.1) is 0 Å². The lowest BCUT2D eigenvalue weighted by atomic mass is 10.2. The Morgan fingerprint density at radius 3 is 2.43 bits per heavy atom. The molecule has 1 amide bonds. The molecule has 0 fully saturated rings. The lowest BCUT2D eigenvalue weighted by molar-refractivity contribution is -0.137. The molecule has 0 bridgehead atoms. The first kappa shape index (κ1) is 17.2. The summed E-state index contributed by atoms with van der Waals surface area (Å²) in [6.07, 6.45) is 0.805. The fourth-order valence-electron chi connectivity index (χ4n) is 2.07. The zero-order valence-electron chi connectivity index (χ0n) is 12.7. The number of hydrogen-bond donors (Lipinski definition) is 2. The highest BCUT2D eigenvalue weighted by molar-refractivity contribution is 5.94. The molecule has 1 aromatic rings. The minimum Gasteiger partial charge on any atom is -0.481 e. The van der Waals surface area contributed by atoms with E-state index in [4.69, 9.17) is 5.11 Å². The number of aliphatic carboxylic acids is 1. The number of amides is 1. The van der Waals surface area contributed by atoms with Crippen molar-refractivity contribution < 1.29 is 14.7 Å². The number of carboxylic acids is 1. The van der Waals surface area contributed by atoms with Gasteiger partial charge in [0.1, 0.15) is 0 Å². The second kappa shape index (κ2) is 9.13. The van der Waals surface area contributed by atoms with E-state index in [1.54, 1.807) is 12.1 Å². The molecule has 0 aliphatic carbocycles. The monoisotopic (exact) mass is 292 g/mol. The molecule has 0 aromatic heterocycles. The number of carbonyl (C=O) groups excluding carboxylic acids is 1. The fraction of sp³-hybridized carbons (Fsp3) is 0.500. The SMILES string of the molecule is CC(C)N(CCCC(=O)O)CCNC(=O)c1ccccc1. The summed E-state index contributed by atoms with van der Waals surface area (Å²) in [4.78, 5) is 24.6. The van der Waals surface area contributed by atoms with Crippen molar-refractivity contribution in [2.24, 2.45) is 0 Å². The van der Waals surface area contributed by atoms with E-state index < -0.39 is 5.97 Å². The van der Waals surface area contributed by atoms with E-state index in [0.29, 0.717) is 24.6 Å². The summed E-state index contributed by atoms with van der Waals surface area (Å²) >= 11 is 0. The van der Waals surface area contributed by atoms with Gasteiger partial charge in [-0.2, -0.15) is 0 Å². The summed E-state index contributed by atoms with van der Waals surface area (Å²) in [5.41, 5.74) is 0.652. The maximum absolute atomic E-state index is 11.9. The Morgan fingerprint density at radius 2 is 1.86 bits per heavy atom. The maximum Gasteiger partial charge on any atom is 0.303 e. The van der Waals surface area contributed by atoms with Gasteiger partial charge in [-0.15, -0.1) is 0 Å². The van der Waals surface area contributed by atoms with E-state index in [1.165, 1.54) is 0 Å². The summed E-state index contributed by atoms with van der Waals surface area (Å²) in [5, 5.41) is 11.6. The van der Waals surface area contributed by atoms with Gasteiger partial charge in [0.15, 0.2) is 0 Å². The number of carbonyl (C=O) groups is 2. The predicted molar refractivity (Wildman–Crippen MR) is 82.4 cm³/mol. The molecular formula is C16H24N2O3. The number of rotatable bonds is 9. The van der Waals surface area contributed by atoms with Gasteiger partial charge in [-0.3, -0.25) is 14.5 Å². The van der Waals surface area contributed by atoms with Crippen LogP contribution in [0.1, 0.15) is 37.0 Å². The van der Waals surface area contributed by atoms with Crippen LogP contribution in [0.3, 0.4) is 0 Å². The Bertz CT molecular complexity index is 446. The molecule has 0 aliphatic heterocycles. The minimum atomic E-state index is -0.768. The summed E-state index contributed by atoms with van der Waals surface area (Å²) in [6.45, 7) is 6.14. The Kier molecular flexibility index (Phi) is 7.46. The van der Waals surface area contributed by atoms with Crippen LogP contribution in [0.15, 0.2) is 30.3 Å². The first-order chi connectivity index (χ1) is 10.0. The van der Waals surface area contributed by atoms with Crippen LogP contribution in [0.4, 0.5) is 0 Å². The molecule has 0 saturated carbocycles. The maximum atomic E-state index is 11.9. The fourth-order valence-corrected chi connectivity index (χ4v) is 2.07. The van der Waals surface area contributed by atoms with Crippen LogP contribution >= 0.6 is 0 Å². The average Bonchev–Trinajstić information content (AvgIpc) is 2.45. The minimum absolute atomic E-state index is 0.0788. The smallest absolute Gasteiger partial charge is 0.303 e. The molecule has 1 rings (SSSR count). The first-order valence-corrected chi connectivity index (χ1v) is 7.30. The average molecular weight is 292 g/mol. The van der Waals surface area contributed by atoms with E-state index in [0.717, 1.165) is 13.1 Å². The molecule has 5 heteroatoms. The van der Waals surface area contributed by atoms with Crippen LogP contribution in [0.2, 0.25) is 0 Å². The van der Waals surface area contributed by atoms with Crippen molar-refractivity contribution in [1.82, 2.24) is 10.2 Å². The lowest BCUT2D eigenvalue weighted by Crippen LogP contribution is -2.39. The number of nitrogens with zero attached hydrogens (tertiary/aromatic N) is 1.